The number of nitrogen functional groups attached to an aromatic ring is 1. The molecule has 1 heterocycles. The van der Waals surface area contributed by atoms with Crippen LogP contribution in [-0.4, -0.2) is 58.3 Å². The molecule has 3 N–H and O–H groups in total. The number of rotatable bonds is 12. The number of nitrogens with zero attached hydrogens (tertiary/aromatic N) is 2. The van der Waals surface area contributed by atoms with Gasteiger partial charge in [0.1, 0.15) is 17.7 Å². The van der Waals surface area contributed by atoms with Gasteiger partial charge in [0.15, 0.2) is 5.75 Å². The number of carbonyl (C=O) groups is 1. The smallest absolute Gasteiger partial charge is 0.323 e. The zero-order valence-electron chi connectivity index (χ0n) is 23.4. The number of carbonyl (C=O) groups excluding carboxylic acids is 1. The highest BCUT2D eigenvalue weighted by Gasteiger charge is 2.27. The Hall–Kier alpha value is -4.02. The number of esters is 1. The Morgan fingerprint density at radius 2 is 1.83 bits per heavy atom. The average molecular weight is 611 g/mol. The molecule has 0 unspecified atom stereocenters. The number of hydrogen-bond acceptors (Lipinski definition) is 7. The molecule has 9 nitrogen and oxygen atoms in total. The van der Waals surface area contributed by atoms with Crippen LogP contribution < -0.4 is 19.7 Å². The van der Waals surface area contributed by atoms with Crippen molar-refractivity contribution >= 4 is 50.9 Å². The molecule has 0 amide bonds. The number of hydrogen-bond donors (Lipinski definition) is 2. The molecular formula is C31H35ClN4O5S. The molecule has 0 aromatic heterocycles. The molecule has 1 fully saturated rings. The Morgan fingerprint density at radius 3 is 2.50 bits per heavy atom. The van der Waals surface area contributed by atoms with Crippen LogP contribution in [0.1, 0.15) is 30.9 Å². The number of halogens is 1. The fourth-order valence-electron chi connectivity index (χ4n) is 4.69. The number of sulfonamides is 1. The van der Waals surface area contributed by atoms with Crippen LogP contribution in [0.15, 0.2) is 78.9 Å². The molecule has 0 aliphatic carbocycles. The molecule has 42 heavy (non-hydrogen) atoms. The number of piperidine rings is 1. The van der Waals surface area contributed by atoms with Gasteiger partial charge >= 0.3 is 5.97 Å². The van der Waals surface area contributed by atoms with E-state index in [4.69, 9.17) is 32.2 Å². The molecule has 1 aliphatic heterocycles. The fraction of sp³-hybridized carbons (Fsp3) is 0.290. The van der Waals surface area contributed by atoms with E-state index in [1.807, 2.05) is 24.3 Å². The monoisotopic (exact) mass is 610 g/mol. The van der Waals surface area contributed by atoms with Crippen molar-refractivity contribution in [3.63, 3.8) is 0 Å². The number of para-hydroxylation sites is 1. The first kappa shape index (κ1) is 30.9. The van der Waals surface area contributed by atoms with Crippen molar-refractivity contribution in [3.05, 3.63) is 95.0 Å². The van der Waals surface area contributed by atoms with Crippen molar-refractivity contribution in [2.75, 3.05) is 41.2 Å². The third-order valence-corrected chi connectivity index (χ3v) is 8.71. The van der Waals surface area contributed by atoms with Gasteiger partial charge < -0.3 is 20.1 Å². The second-order valence-corrected chi connectivity index (χ2v) is 12.1. The van der Waals surface area contributed by atoms with Gasteiger partial charge in [0, 0.05) is 37.2 Å². The lowest BCUT2D eigenvalue weighted by Crippen LogP contribution is -2.38. The van der Waals surface area contributed by atoms with Crippen molar-refractivity contribution in [2.45, 2.75) is 25.9 Å². The first-order chi connectivity index (χ1) is 20.2. The van der Waals surface area contributed by atoms with Gasteiger partial charge in [0.2, 0.25) is 10.0 Å². The average Bonchev–Trinajstić information content (AvgIpc) is 2.97. The van der Waals surface area contributed by atoms with Crippen LogP contribution >= 0.6 is 11.6 Å². The van der Waals surface area contributed by atoms with E-state index in [1.54, 1.807) is 49.4 Å². The Balaban J connectivity index is 1.49. The maximum absolute atomic E-state index is 13.3. The molecular weight excluding hydrogens is 576 g/mol. The second-order valence-electron chi connectivity index (χ2n) is 9.79. The minimum absolute atomic E-state index is 0.0225. The predicted molar refractivity (Wildman–Crippen MR) is 168 cm³/mol. The second kappa shape index (κ2) is 14.2. The molecule has 0 atom stereocenters. The highest BCUT2D eigenvalue weighted by atomic mass is 35.5. The summed E-state index contributed by atoms with van der Waals surface area (Å²) in [7, 11) is -4.11. The molecule has 11 heteroatoms. The molecule has 1 saturated heterocycles. The number of nitrogens with two attached hydrogens (primary N) is 1. The highest BCUT2D eigenvalue weighted by Crippen LogP contribution is 2.33. The fourth-order valence-corrected chi connectivity index (χ4v) is 6.20. The summed E-state index contributed by atoms with van der Waals surface area (Å²) in [5.74, 6) is -1.25. The van der Waals surface area contributed by atoms with Crippen molar-refractivity contribution in [2.24, 2.45) is 5.73 Å². The van der Waals surface area contributed by atoms with Crippen LogP contribution in [0, 0.1) is 5.41 Å². The van der Waals surface area contributed by atoms with Crippen LogP contribution in [-0.2, 0) is 19.6 Å². The van der Waals surface area contributed by atoms with Crippen LogP contribution in [0.25, 0.3) is 6.08 Å². The largest absolute Gasteiger partial charge is 0.489 e. The number of amidine groups is 1. The van der Waals surface area contributed by atoms with E-state index < -0.39 is 21.7 Å². The number of anilines is 2. The van der Waals surface area contributed by atoms with Crippen molar-refractivity contribution in [3.8, 4) is 5.75 Å². The van der Waals surface area contributed by atoms with Crippen molar-refractivity contribution < 1.29 is 22.7 Å². The minimum atomic E-state index is -4.11. The number of benzene rings is 3. The van der Waals surface area contributed by atoms with Crippen LogP contribution in [0.5, 0.6) is 5.75 Å². The Morgan fingerprint density at radius 1 is 1.10 bits per heavy atom. The topological polar surface area (TPSA) is 126 Å². The third-order valence-electron chi connectivity index (χ3n) is 6.78. The summed E-state index contributed by atoms with van der Waals surface area (Å²) >= 11 is 6.60. The van der Waals surface area contributed by atoms with Gasteiger partial charge in [-0.15, -0.1) is 0 Å². The summed E-state index contributed by atoms with van der Waals surface area (Å²) in [4.78, 5) is 14.4. The van der Waals surface area contributed by atoms with Gasteiger partial charge in [-0.3, -0.25) is 14.5 Å². The molecule has 0 saturated carbocycles. The molecule has 3 aromatic carbocycles. The summed E-state index contributed by atoms with van der Waals surface area (Å²) in [6.45, 7) is 3.32. The van der Waals surface area contributed by atoms with Gasteiger partial charge in [-0.2, -0.15) is 0 Å². The van der Waals surface area contributed by atoms with Crippen molar-refractivity contribution in [1.82, 2.24) is 0 Å². The van der Waals surface area contributed by atoms with E-state index in [1.165, 1.54) is 11.8 Å². The minimum Gasteiger partial charge on any atom is -0.489 e. The lowest BCUT2D eigenvalue weighted by Gasteiger charge is -2.34. The maximum atomic E-state index is 13.3. The lowest BCUT2D eigenvalue weighted by atomic mass is 10.1. The van der Waals surface area contributed by atoms with Crippen LogP contribution in [0.4, 0.5) is 11.4 Å². The third kappa shape index (κ3) is 8.27. The van der Waals surface area contributed by atoms with Crippen molar-refractivity contribution in [1.29, 1.82) is 5.41 Å². The van der Waals surface area contributed by atoms with E-state index in [9.17, 15) is 13.2 Å². The standard InChI is InChI=1S/C31H35ClN4O5S/c1-2-40-30(37)22-42(38,39)36(17-7-9-23-8-6-10-24(20-23)31(33)34)26-13-14-29(28(32)21-26)41-27-15-18-35(19-16-27)25-11-4-3-5-12-25/h3-14,20-21,27H,2,15-19,22H2,1H3,(H3,33,34)/b9-7+. The molecule has 0 radical (unpaired) electrons. The summed E-state index contributed by atoms with van der Waals surface area (Å²) in [5.41, 5.74) is 8.35. The van der Waals surface area contributed by atoms with Gasteiger partial charge in [-0.05, 0) is 48.9 Å². The highest BCUT2D eigenvalue weighted by molar-refractivity contribution is 7.93. The van der Waals surface area contributed by atoms with E-state index in [0.29, 0.717) is 11.3 Å². The Bertz CT molecular complexity index is 1520. The number of ether oxygens (including phenoxy) is 2. The number of nitrogens with one attached hydrogen (secondary N) is 1. The van der Waals surface area contributed by atoms with Gasteiger partial charge in [0.25, 0.3) is 0 Å². The van der Waals surface area contributed by atoms with Crippen LogP contribution in [0.2, 0.25) is 5.02 Å². The Labute approximate surface area is 252 Å². The SMILES string of the molecule is CCOC(=O)CS(=O)(=O)N(C/C=C/c1cccc(C(=N)N)c1)c1ccc(OC2CCN(c3ccccc3)CC2)c(Cl)c1. The van der Waals surface area contributed by atoms with E-state index in [2.05, 4.69) is 17.0 Å². The quantitative estimate of drug-likeness (QED) is 0.166. The predicted octanol–water partition coefficient (Wildman–Crippen LogP) is 5.08. The molecule has 0 spiro atoms. The zero-order chi connectivity index (χ0) is 30.1. The first-order valence-electron chi connectivity index (χ1n) is 13.7. The molecule has 1 aliphatic rings. The summed E-state index contributed by atoms with van der Waals surface area (Å²) < 4.78 is 38.9. The Kier molecular flexibility index (Phi) is 10.5. The summed E-state index contributed by atoms with van der Waals surface area (Å²) in [6.07, 6.45) is 5.00. The lowest BCUT2D eigenvalue weighted by molar-refractivity contribution is -0.139. The molecule has 4 rings (SSSR count). The molecule has 222 valence electrons. The molecule has 3 aromatic rings. The van der Waals surface area contributed by atoms with Crippen LogP contribution in [0.3, 0.4) is 0 Å². The van der Waals surface area contributed by atoms with E-state index >= 15 is 0 Å². The van der Waals surface area contributed by atoms with Gasteiger partial charge in [-0.25, -0.2) is 8.42 Å². The molecule has 0 bridgehead atoms. The first-order valence-corrected chi connectivity index (χ1v) is 15.7. The van der Waals surface area contributed by atoms with Gasteiger partial charge in [0.05, 0.1) is 23.9 Å². The summed E-state index contributed by atoms with van der Waals surface area (Å²) in [5, 5.41) is 7.90. The zero-order valence-corrected chi connectivity index (χ0v) is 25.0. The van der Waals surface area contributed by atoms with Gasteiger partial charge in [-0.1, -0.05) is 60.2 Å². The van der Waals surface area contributed by atoms with E-state index in [-0.39, 0.29) is 35.8 Å². The maximum Gasteiger partial charge on any atom is 0.323 e. The normalized spacial score (nSPS) is 14.1. The van der Waals surface area contributed by atoms with E-state index in [0.717, 1.165) is 35.8 Å². The summed E-state index contributed by atoms with van der Waals surface area (Å²) in [6, 6.07) is 22.1.